The van der Waals surface area contributed by atoms with Crippen molar-refractivity contribution in [2.45, 2.75) is 31.5 Å². The maximum Gasteiger partial charge on any atom is 0.153 e. The number of nitrogens with zero attached hydrogens (tertiary/aromatic N) is 1. The van der Waals surface area contributed by atoms with Crippen LogP contribution in [0.2, 0.25) is 0 Å². The van der Waals surface area contributed by atoms with E-state index in [-0.39, 0.29) is 6.04 Å². The highest BCUT2D eigenvalue weighted by Crippen LogP contribution is 2.31. The van der Waals surface area contributed by atoms with Gasteiger partial charge >= 0.3 is 0 Å². The van der Waals surface area contributed by atoms with Crippen molar-refractivity contribution in [1.82, 2.24) is 5.06 Å². The standard InChI is InChI=1S/C21H23NO3/c1-21(16-23)14-19(11-8-17-9-12-20(24-2)13-10-17)22(25-21)15-18-6-4-3-5-7-18/h3-13,16,19H,14-15H2,1-2H3/b11-8+/t19-,21-/m0/s1. The van der Waals surface area contributed by atoms with Crippen LogP contribution in [0, 0.1) is 0 Å². The normalized spacial score (nSPS) is 23.8. The highest BCUT2D eigenvalue weighted by Gasteiger charge is 2.41. The third kappa shape index (κ3) is 4.35. The minimum atomic E-state index is -0.774. The molecule has 2 atom stereocenters. The first-order valence-electron chi connectivity index (χ1n) is 8.40. The van der Waals surface area contributed by atoms with Crippen LogP contribution in [-0.4, -0.2) is 30.1 Å². The number of carbonyl (C=O) groups excluding carboxylic acids is 1. The number of carbonyl (C=O) groups is 1. The van der Waals surface area contributed by atoms with E-state index < -0.39 is 5.60 Å². The summed E-state index contributed by atoms with van der Waals surface area (Å²) in [4.78, 5) is 17.4. The van der Waals surface area contributed by atoms with Crippen LogP contribution < -0.4 is 4.74 Å². The maximum absolute atomic E-state index is 11.4. The van der Waals surface area contributed by atoms with Crippen LogP contribution in [0.5, 0.6) is 5.75 Å². The Bertz CT molecular complexity index is 727. The lowest BCUT2D eigenvalue weighted by Gasteiger charge is -2.21. The molecule has 130 valence electrons. The Labute approximate surface area is 148 Å². The Morgan fingerprint density at radius 1 is 1.20 bits per heavy atom. The molecule has 4 heteroatoms. The molecule has 1 fully saturated rings. The SMILES string of the molecule is COc1ccc(/C=C/[C@H]2C[C@@](C)(C=O)ON2Cc2ccccc2)cc1. The van der Waals surface area contributed by atoms with Crippen LogP contribution in [0.4, 0.5) is 0 Å². The monoisotopic (exact) mass is 337 g/mol. The van der Waals surface area contributed by atoms with E-state index in [2.05, 4.69) is 24.3 Å². The van der Waals surface area contributed by atoms with Gasteiger partial charge in [-0.3, -0.25) is 4.84 Å². The zero-order valence-electron chi connectivity index (χ0n) is 14.6. The van der Waals surface area contributed by atoms with Crippen LogP contribution in [0.1, 0.15) is 24.5 Å². The summed E-state index contributed by atoms with van der Waals surface area (Å²) in [7, 11) is 1.66. The van der Waals surface area contributed by atoms with E-state index in [0.29, 0.717) is 13.0 Å². The molecule has 0 aliphatic carbocycles. The number of hydroxylamine groups is 2. The van der Waals surface area contributed by atoms with Crippen LogP contribution >= 0.6 is 0 Å². The van der Waals surface area contributed by atoms with Gasteiger partial charge < -0.3 is 9.53 Å². The van der Waals surface area contributed by atoms with Gasteiger partial charge in [0.1, 0.15) is 11.4 Å². The molecule has 1 aliphatic heterocycles. The van der Waals surface area contributed by atoms with Crippen molar-refractivity contribution in [1.29, 1.82) is 0 Å². The molecule has 1 heterocycles. The number of hydrogen-bond acceptors (Lipinski definition) is 4. The summed E-state index contributed by atoms with van der Waals surface area (Å²) >= 11 is 0. The fourth-order valence-electron chi connectivity index (χ4n) is 2.97. The van der Waals surface area contributed by atoms with Crippen molar-refractivity contribution in [2.24, 2.45) is 0 Å². The van der Waals surface area contributed by atoms with Crippen molar-refractivity contribution in [3.05, 3.63) is 71.8 Å². The van der Waals surface area contributed by atoms with Crippen molar-refractivity contribution in [3.8, 4) is 5.75 Å². The van der Waals surface area contributed by atoms with E-state index in [1.165, 1.54) is 0 Å². The second kappa shape index (κ2) is 7.64. The summed E-state index contributed by atoms with van der Waals surface area (Å²) in [6.45, 7) is 2.47. The van der Waals surface area contributed by atoms with Gasteiger partial charge in [0.2, 0.25) is 0 Å². The van der Waals surface area contributed by atoms with E-state index in [1.54, 1.807) is 7.11 Å². The van der Waals surface area contributed by atoms with Crippen molar-refractivity contribution in [3.63, 3.8) is 0 Å². The molecule has 25 heavy (non-hydrogen) atoms. The van der Waals surface area contributed by atoms with Gasteiger partial charge in [0.15, 0.2) is 6.29 Å². The molecular formula is C21H23NO3. The van der Waals surface area contributed by atoms with Crippen molar-refractivity contribution < 1.29 is 14.4 Å². The van der Waals surface area contributed by atoms with Crippen LogP contribution in [-0.2, 0) is 16.2 Å². The van der Waals surface area contributed by atoms with E-state index in [1.807, 2.05) is 54.5 Å². The lowest BCUT2D eigenvalue weighted by molar-refractivity contribution is -0.195. The summed E-state index contributed by atoms with van der Waals surface area (Å²) in [5.41, 5.74) is 1.46. The molecule has 0 aromatic heterocycles. The Kier molecular flexibility index (Phi) is 5.31. The molecule has 0 N–H and O–H groups in total. The molecule has 2 aromatic carbocycles. The molecule has 0 radical (unpaired) electrons. The molecule has 0 spiro atoms. The van der Waals surface area contributed by atoms with Gasteiger partial charge in [0, 0.05) is 13.0 Å². The largest absolute Gasteiger partial charge is 0.497 e. The van der Waals surface area contributed by atoms with Gasteiger partial charge in [-0.2, -0.15) is 5.06 Å². The quantitative estimate of drug-likeness (QED) is 0.750. The average molecular weight is 337 g/mol. The van der Waals surface area contributed by atoms with Gasteiger partial charge in [-0.25, -0.2) is 0 Å². The molecule has 0 amide bonds. The summed E-state index contributed by atoms with van der Waals surface area (Å²) in [6.07, 6.45) is 5.68. The summed E-state index contributed by atoms with van der Waals surface area (Å²) in [5.74, 6) is 0.834. The molecule has 3 rings (SSSR count). The highest BCUT2D eigenvalue weighted by atomic mass is 16.7. The van der Waals surface area contributed by atoms with E-state index in [9.17, 15) is 4.79 Å². The lowest BCUT2D eigenvalue weighted by atomic mass is 9.99. The minimum Gasteiger partial charge on any atom is -0.497 e. The smallest absolute Gasteiger partial charge is 0.153 e. The average Bonchev–Trinajstić information content (AvgIpc) is 2.97. The number of benzene rings is 2. The summed E-state index contributed by atoms with van der Waals surface area (Å²) in [5, 5.41) is 1.89. The number of rotatable bonds is 6. The lowest BCUT2D eigenvalue weighted by Crippen LogP contribution is -2.29. The predicted molar refractivity (Wildman–Crippen MR) is 98.0 cm³/mol. The fraction of sp³-hybridized carbons (Fsp3) is 0.286. The maximum atomic E-state index is 11.4. The first kappa shape index (κ1) is 17.4. The molecule has 0 unspecified atom stereocenters. The van der Waals surface area contributed by atoms with E-state index in [0.717, 1.165) is 23.2 Å². The third-order valence-corrected chi connectivity index (χ3v) is 4.37. The zero-order valence-corrected chi connectivity index (χ0v) is 14.6. The summed E-state index contributed by atoms with van der Waals surface area (Å²) < 4.78 is 5.18. The first-order valence-corrected chi connectivity index (χ1v) is 8.40. The van der Waals surface area contributed by atoms with Gasteiger partial charge in [-0.15, -0.1) is 0 Å². The van der Waals surface area contributed by atoms with Gasteiger partial charge in [0.25, 0.3) is 0 Å². The van der Waals surface area contributed by atoms with Crippen LogP contribution in [0.25, 0.3) is 6.08 Å². The van der Waals surface area contributed by atoms with Crippen LogP contribution in [0.3, 0.4) is 0 Å². The topological polar surface area (TPSA) is 38.8 Å². The Morgan fingerprint density at radius 2 is 1.92 bits per heavy atom. The highest BCUT2D eigenvalue weighted by molar-refractivity contribution is 5.62. The number of ether oxygens (including phenoxy) is 1. The predicted octanol–water partition coefficient (Wildman–Crippen LogP) is 3.87. The molecular weight excluding hydrogens is 314 g/mol. The van der Waals surface area contributed by atoms with Gasteiger partial charge in [-0.1, -0.05) is 54.6 Å². The van der Waals surface area contributed by atoms with E-state index >= 15 is 0 Å². The molecule has 0 bridgehead atoms. The zero-order chi connectivity index (χ0) is 17.7. The van der Waals surface area contributed by atoms with Crippen molar-refractivity contribution >= 4 is 12.4 Å². The second-order valence-corrected chi connectivity index (χ2v) is 6.49. The Balaban J connectivity index is 1.75. The second-order valence-electron chi connectivity index (χ2n) is 6.49. The molecule has 1 saturated heterocycles. The Hall–Kier alpha value is -2.43. The molecule has 2 aromatic rings. The number of hydrogen-bond donors (Lipinski definition) is 0. The number of methoxy groups -OCH3 is 1. The van der Waals surface area contributed by atoms with Crippen molar-refractivity contribution in [2.75, 3.05) is 7.11 Å². The third-order valence-electron chi connectivity index (χ3n) is 4.37. The summed E-state index contributed by atoms with van der Waals surface area (Å²) in [6, 6.07) is 18.0. The first-order chi connectivity index (χ1) is 12.1. The van der Waals surface area contributed by atoms with Crippen LogP contribution in [0.15, 0.2) is 60.7 Å². The molecule has 0 saturated carbocycles. The fourth-order valence-corrected chi connectivity index (χ4v) is 2.97. The molecule has 1 aliphatic rings. The molecule has 4 nitrogen and oxygen atoms in total. The number of aldehydes is 1. The van der Waals surface area contributed by atoms with Gasteiger partial charge in [-0.05, 0) is 30.2 Å². The minimum absolute atomic E-state index is 0.0394. The van der Waals surface area contributed by atoms with E-state index in [4.69, 9.17) is 9.57 Å². The van der Waals surface area contributed by atoms with Gasteiger partial charge in [0.05, 0.1) is 13.2 Å². The Morgan fingerprint density at radius 3 is 2.56 bits per heavy atom.